The fraction of sp³-hybridized carbons (Fsp3) is 0.733. The molecule has 0 aromatic carbocycles. The van der Waals surface area contributed by atoms with Crippen molar-refractivity contribution >= 4 is 23.5 Å². The zero-order valence-electron chi connectivity index (χ0n) is 11.0. The molecule has 1 heterocycles. The van der Waals surface area contributed by atoms with Gasteiger partial charge in [-0.3, -0.25) is 19.2 Å². The zero-order chi connectivity index (χ0) is 14.0. The highest BCUT2D eigenvalue weighted by molar-refractivity contribution is 6.09. The van der Waals surface area contributed by atoms with Gasteiger partial charge >= 0.3 is 11.9 Å². The predicted molar refractivity (Wildman–Crippen MR) is 65.1 cm³/mol. The molecule has 0 N–H and O–H groups in total. The summed E-state index contributed by atoms with van der Waals surface area (Å²) < 4.78 is 4.65. The Bertz CT molecular complexity index is 488. The lowest BCUT2D eigenvalue weighted by molar-refractivity contribution is -0.153. The summed E-state index contributed by atoms with van der Waals surface area (Å²) in [5.74, 6) is -0.475. The molecule has 0 aromatic heterocycles. The SMILES string of the molecule is O=C1CC(=O)C2C(CCC3CC4C(=O)OC(=O)C34)CC12. The van der Waals surface area contributed by atoms with Gasteiger partial charge in [0.1, 0.15) is 11.6 Å². The van der Waals surface area contributed by atoms with Crippen LogP contribution in [0.15, 0.2) is 0 Å². The van der Waals surface area contributed by atoms with Crippen molar-refractivity contribution in [1.82, 2.24) is 0 Å². The van der Waals surface area contributed by atoms with E-state index in [1.54, 1.807) is 0 Å². The van der Waals surface area contributed by atoms with Gasteiger partial charge in [-0.25, -0.2) is 0 Å². The number of ketones is 2. The van der Waals surface area contributed by atoms with Gasteiger partial charge in [0.05, 0.1) is 18.3 Å². The van der Waals surface area contributed by atoms with E-state index >= 15 is 0 Å². The summed E-state index contributed by atoms with van der Waals surface area (Å²) in [6.45, 7) is 0. The van der Waals surface area contributed by atoms with Crippen molar-refractivity contribution in [2.24, 2.45) is 35.5 Å². The van der Waals surface area contributed by atoms with Crippen molar-refractivity contribution < 1.29 is 23.9 Å². The first-order valence-corrected chi connectivity index (χ1v) is 7.37. The van der Waals surface area contributed by atoms with Crippen LogP contribution in [0.1, 0.15) is 32.1 Å². The molecule has 4 fully saturated rings. The Hall–Kier alpha value is -1.52. The quantitative estimate of drug-likeness (QED) is 0.565. The average Bonchev–Trinajstić information content (AvgIpc) is 2.62. The maximum atomic E-state index is 11.7. The minimum atomic E-state index is -0.366. The first kappa shape index (κ1) is 12.2. The fourth-order valence-electron chi connectivity index (χ4n) is 4.61. The Balaban J connectivity index is 1.33. The molecule has 6 unspecified atom stereocenters. The topological polar surface area (TPSA) is 77.5 Å². The number of esters is 2. The molecule has 6 atom stereocenters. The van der Waals surface area contributed by atoms with E-state index < -0.39 is 0 Å². The van der Waals surface area contributed by atoms with Gasteiger partial charge in [-0.15, -0.1) is 0 Å². The van der Waals surface area contributed by atoms with E-state index in [2.05, 4.69) is 4.74 Å². The molecule has 1 saturated heterocycles. The molecule has 20 heavy (non-hydrogen) atoms. The maximum Gasteiger partial charge on any atom is 0.317 e. The molecule has 0 spiro atoms. The molecule has 3 aliphatic carbocycles. The van der Waals surface area contributed by atoms with Crippen LogP contribution < -0.4 is 0 Å². The van der Waals surface area contributed by atoms with E-state index in [4.69, 9.17) is 0 Å². The maximum absolute atomic E-state index is 11.7. The summed E-state index contributed by atoms with van der Waals surface area (Å²) in [6.07, 6.45) is 3.44. The summed E-state index contributed by atoms with van der Waals surface area (Å²) in [7, 11) is 0. The van der Waals surface area contributed by atoms with Crippen molar-refractivity contribution in [2.45, 2.75) is 32.1 Å². The van der Waals surface area contributed by atoms with Crippen LogP contribution in [0.4, 0.5) is 0 Å². The number of Topliss-reactive ketones (excluding diaryl/α,β-unsaturated/α-hetero) is 2. The van der Waals surface area contributed by atoms with E-state index in [1.165, 1.54) is 0 Å². The van der Waals surface area contributed by atoms with Gasteiger partial charge < -0.3 is 4.74 Å². The van der Waals surface area contributed by atoms with Gasteiger partial charge in [-0.2, -0.15) is 0 Å². The zero-order valence-corrected chi connectivity index (χ0v) is 11.0. The van der Waals surface area contributed by atoms with E-state index in [1.807, 2.05) is 0 Å². The van der Waals surface area contributed by atoms with Crippen molar-refractivity contribution in [3.8, 4) is 0 Å². The van der Waals surface area contributed by atoms with E-state index in [0.717, 1.165) is 25.7 Å². The highest BCUT2D eigenvalue weighted by atomic mass is 16.6. The summed E-state index contributed by atoms with van der Waals surface area (Å²) in [5.41, 5.74) is 0. The highest BCUT2D eigenvalue weighted by Gasteiger charge is 2.58. The molecule has 4 aliphatic rings. The van der Waals surface area contributed by atoms with Gasteiger partial charge in [0.2, 0.25) is 0 Å². The number of ether oxygens (including phenoxy) is 1. The Labute approximate surface area is 116 Å². The third-order valence-corrected chi connectivity index (χ3v) is 5.81. The van der Waals surface area contributed by atoms with Gasteiger partial charge in [0, 0.05) is 11.8 Å². The smallest absolute Gasteiger partial charge is 0.317 e. The van der Waals surface area contributed by atoms with Crippen molar-refractivity contribution in [1.29, 1.82) is 0 Å². The number of carbonyl (C=O) groups excluding carboxylic acids is 4. The second kappa shape index (κ2) is 3.99. The van der Waals surface area contributed by atoms with E-state index in [0.29, 0.717) is 5.92 Å². The van der Waals surface area contributed by atoms with Gasteiger partial charge in [-0.1, -0.05) is 0 Å². The number of fused-ring (bicyclic) bond motifs is 2. The van der Waals surface area contributed by atoms with Crippen molar-refractivity contribution in [2.75, 3.05) is 0 Å². The Kier molecular flexibility index (Phi) is 2.44. The third kappa shape index (κ3) is 1.49. The fourth-order valence-corrected chi connectivity index (χ4v) is 4.61. The summed E-state index contributed by atoms with van der Waals surface area (Å²) >= 11 is 0. The molecular formula is C15H16O5. The van der Waals surface area contributed by atoms with Crippen LogP contribution in [0, 0.1) is 35.5 Å². The van der Waals surface area contributed by atoms with Gasteiger partial charge in [-0.05, 0) is 37.5 Å². The Morgan fingerprint density at radius 2 is 1.45 bits per heavy atom. The molecule has 4 rings (SSSR count). The van der Waals surface area contributed by atoms with Crippen LogP contribution in [0.25, 0.3) is 0 Å². The number of cyclic esters (lactones) is 2. The predicted octanol–water partition coefficient (Wildman–Crippen LogP) is 0.897. The van der Waals surface area contributed by atoms with Gasteiger partial charge in [0.15, 0.2) is 0 Å². The first-order chi connectivity index (χ1) is 9.56. The van der Waals surface area contributed by atoms with Crippen LogP contribution in [-0.4, -0.2) is 23.5 Å². The molecule has 0 amide bonds. The first-order valence-electron chi connectivity index (χ1n) is 7.37. The van der Waals surface area contributed by atoms with Crippen LogP contribution >= 0.6 is 0 Å². The molecule has 106 valence electrons. The molecule has 0 radical (unpaired) electrons. The second-order valence-electron chi connectivity index (χ2n) is 6.68. The molecule has 0 aromatic rings. The number of carbonyl (C=O) groups is 4. The Morgan fingerprint density at radius 1 is 0.800 bits per heavy atom. The highest BCUT2D eigenvalue weighted by Crippen LogP contribution is 2.53. The van der Waals surface area contributed by atoms with Crippen LogP contribution in [0.3, 0.4) is 0 Å². The van der Waals surface area contributed by atoms with Crippen LogP contribution in [0.2, 0.25) is 0 Å². The lowest BCUT2D eigenvalue weighted by atomic mass is 9.60. The molecule has 5 nitrogen and oxygen atoms in total. The molecule has 1 aliphatic heterocycles. The summed E-state index contributed by atoms with van der Waals surface area (Å²) in [4.78, 5) is 46.1. The average molecular weight is 276 g/mol. The minimum Gasteiger partial charge on any atom is -0.393 e. The van der Waals surface area contributed by atoms with E-state index in [9.17, 15) is 19.2 Å². The number of rotatable bonds is 3. The summed E-state index contributed by atoms with van der Waals surface area (Å²) in [6, 6.07) is 0. The van der Waals surface area contributed by atoms with Crippen LogP contribution in [-0.2, 0) is 23.9 Å². The lowest BCUT2D eigenvalue weighted by Gasteiger charge is -2.41. The summed E-state index contributed by atoms with van der Waals surface area (Å²) in [5, 5.41) is 0. The Morgan fingerprint density at radius 3 is 2.10 bits per heavy atom. The molecular weight excluding hydrogens is 260 g/mol. The largest absolute Gasteiger partial charge is 0.393 e. The molecule has 3 saturated carbocycles. The van der Waals surface area contributed by atoms with Gasteiger partial charge in [0.25, 0.3) is 0 Å². The lowest BCUT2D eigenvalue weighted by Crippen LogP contribution is -2.42. The second-order valence-corrected chi connectivity index (χ2v) is 6.68. The number of hydrogen-bond donors (Lipinski definition) is 0. The third-order valence-electron chi connectivity index (χ3n) is 5.81. The normalized spacial score (nSPS) is 45.6. The monoisotopic (exact) mass is 276 g/mol. The molecule has 5 heteroatoms. The minimum absolute atomic E-state index is 0.0142. The van der Waals surface area contributed by atoms with Crippen LogP contribution in [0.5, 0.6) is 0 Å². The van der Waals surface area contributed by atoms with Crippen molar-refractivity contribution in [3.05, 3.63) is 0 Å². The van der Waals surface area contributed by atoms with E-state index in [-0.39, 0.29) is 59.5 Å². The standard InChI is InChI=1S/C15H16O5/c16-10-5-11(17)12-6(3-8(10)12)1-2-7-4-9-13(7)15(19)20-14(9)18/h6-9,12-13H,1-5H2. The van der Waals surface area contributed by atoms with Crippen molar-refractivity contribution in [3.63, 3.8) is 0 Å². The molecule has 0 bridgehead atoms. The number of hydrogen-bond acceptors (Lipinski definition) is 5.